The van der Waals surface area contributed by atoms with E-state index < -0.39 is 0 Å². The van der Waals surface area contributed by atoms with Crippen molar-refractivity contribution < 1.29 is 0 Å². The lowest BCUT2D eigenvalue weighted by Crippen LogP contribution is -2.32. The van der Waals surface area contributed by atoms with Crippen molar-refractivity contribution in [3.8, 4) is 0 Å². The van der Waals surface area contributed by atoms with Crippen LogP contribution in [0.1, 0.15) is 25.1 Å². The lowest BCUT2D eigenvalue weighted by Gasteiger charge is -2.25. The molecule has 0 spiro atoms. The first kappa shape index (κ1) is 14.9. The maximum Gasteiger partial charge on any atom is 0.226 e. The molecule has 1 unspecified atom stereocenters. The molecule has 1 aliphatic rings. The summed E-state index contributed by atoms with van der Waals surface area (Å²) in [6.07, 6.45) is 2.30. The topological polar surface area (TPSA) is 41.1 Å². The summed E-state index contributed by atoms with van der Waals surface area (Å²) in [6, 6.07) is 2.86. The molecule has 114 valence electrons. The predicted octanol–water partition coefficient (Wildman–Crippen LogP) is 3.63. The molecular weight excluding hydrogens is 300 g/mol. The van der Waals surface area contributed by atoms with E-state index in [4.69, 9.17) is 4.98 Å². The smallest absolute Gasteiger partial charge is 0.226 e. The number of rotatable bonds is 5. The number of hydrogen-bond acceptors (Lipinski definition) is 6. The molecule has 1 saturated heterocycles. The molecule has 1 N–H and O–H groups in total. The third-order valence-corrected chi connectivity index (χ3v) is 6.21. The Morgan fingerprint density at radius 3 is 2.90 bits per heavy atom. The van der Waals surface area contributed by atoms with E-state index in [0.717, 1.165) is 29.6 Å². The Balaban J connectivity index is 2.06. The fourth-order valence-corrected chi connectivity index (χ4v) is 4.87. The van der Waals surface area contributed by atoms with Crippen molar-refractivity contribution in [3.05, 3.63) is 10.9 Å². The molecule has 0 radical (unpaired) electrons. The van der Waals surface area contributed by atoms with Crippen molar-refractivity contribution in [1.82, 2.24) is 9.97 Å². The van der Waals surface area contributed by atoms with E-state index in [2.05, 4.69) is 42.2 Å². The highest BCUT2D eigenvalue weighted by Crippen LogP contribution is 2.34. The number of thioether (sulfide) groups is 1. The van der Waals surface area contributed by atoms with Crippen molar-refractivity contribution in [1.29, 1.82) is 0 Å². The van der Waals surface area contributed by atoms with Crippen molar-refractivity contribution >= 4 is 45.1 Å². The van der Waals surface area contributed by atoms with Gasteiger partial charge in [0.2, 0.25) is 5.95 Å². The first-order chi connectivity index (χ1) is 10.2. The monoisotopic (exact) mass is 322 g/mol. The van der Waals surface area contributed by atoms with E-state index in [1.54, 1.807) is 11.3 Å². The minimum Gasteiger partial charge on any atom is -0.355 e. The van der Waals surface area contributed by atoms with Crippen molar-refractivity contribution in [3.63, 3.8) is 0 Å². The highest BCUT2D eigenvalue weighted by Gasteiger charge is 2.24. The Hall–Kier alpha value is -1.01. The van der Waals surface area contributed by atoms with Crippen LogP contribution in [0, 0.1) is 0 Å². The number of nitrogens with one attached hydrogen (secondary N) is 1. The summed E-state index contributed by atoms with van der Waals surface area (Å²) >= 11 is 3.83. The number of aromatic nitrogens is 2. The zero-order valence-corrected chi connectivity index (χ0v) is 14.5. The summed E-state index contributed by atoms with van der Waals surface area (Å²) in [7, 11) is 2.18. The molecule has 6 heteroatoms. The maximum absolute atomic E-state index is 4.78. The van der Waals surface area contributed by atoms with Gasteiger partial charge in [0.25, 0.3) is 0 Å². The van der Waals surface area contributed by atoms with Crippen LogP contribution in [0.5, 0.6) is 0 Å². The molecule has 2 aromatic heterocycles. The lowest BCUT2D eigenvalue weighted by atomic mass is 10.2. The van der Waals surface area contributed by atoms with Gasteiger partial charge < -0.3 is 10.2 Å². The lowest BCUT2D eigenvalue weighted by molar-refractivity contribution is 0.694. The first-order valence-electron chi connectivity index (χ1n) is 7.57. The van der Waals surface area contributed by atoms with Gasteiger partial charge in [-0.25, -0.2) is 4.98 Å². The van der Waals surface area contributed by atoms with Crippen LogP contribution in [0.25, 0.3) is 10.2 Å². The normalized spacial score (nSPS) is 18.3. The van der Waals surface area contributed by atoms with Crippen molar-refractivity contribution in [2.24, 2.45) is 0 Å². The third-order valence-electron chi connectivity index (χ3n) is 3.89. The van der Waals surface area contributed by atoms with Crippen molar-refractivity contribution in [2.45, 2.75) is 32.7 Å². The minimum atomic E-state index is 0.590. The number of anilines is 2. The number of nitrogens with zero attached hydrogens (tertiary/aromatic N) is 3. The quantitative estimate of drug-likeness (QED) is 0.910. The van der Waals surface area contributed by atoms with Gasteiger partial charge in [0.05, 0.1) is 5.39 Å². The molecule has 0 amide bonds. The van der Waals surface area contributed by atoms with Crippen LogP contribution in [0.4, 0.5) is 11.8 Å². The van der Waals surface area contributed by atoms with Gasteiger partial charge >= 0.3 is 0 Å². The molecule has 1 atom stereocenters. The summed E-state index contributed by atoms with van der Waals surface area (Å²) in [4.78, 5) is 14.3. The average molecular weight is 323 g/mol. The SMILES string of the molecule is CCNc1nc(N(C)C2CCSC2)c2cc(CC)sc2n1. The van der Waals surface area contributed by atoms with Crippen LogP contribution in [-0.4, -0.2) is 41.1 Å². The van der Waals surface area contributed by atoms with Crippen LogP contribution in [0.15, 0.2) is 6.07 Å². The van der Waals surface area contributed by atoms with E-state index >= 15 is 0 Å². The maximum atomic E-state index is 4.78. The average Bonchev–Trinajstić information content (AvgIpc) is 3.14. The number of hydrogen-bond donors (Lipinski definition) is 1. The molecule has 2 aromatic rings. The largest absolute Gasteiger partial charge is 0.355 e. The Bertz CT molecular complexity index is 619. The molecular formula is C15H22N4S2. The van der Waals surface area contributed by atoms with Crippen LogP contribution in [-0.2, 0) is 6.42 Å². The first-order valence-corrected chi connectivity index (χ1v) is 9.55. The summed E-state index contributed by atoms with van der Waals surface area (Å²) in [5.74, 6) is 4.29. The molecule has 3 heterocycles. The summed E-state index contributed by atoms with van der Waals surface area (Å²) in [5, 5.41) is 4.47. The fourth-order valence-electron chi connectivity index (χ4n) is 2.64. The number of fused-ring (bicyclic) bond motifs is 1. The standard InChI is InChI=1S/C15H22N4S2/c1-4-11-8-12-13(19(3)10-6-7-20-9-10)17-15(16-5-2)18-14(12)21-11/h8,10H,4-7,9H2,1-3H3,(H,16,17,18). The van der Waals surface area contributed by atoms with E-state index in [-0.39, 0.29) is 0 Å². The molecule has 0 aliphatic carbocycles. The zero-order chi connectivity index (χ0) is 14.8. The van der Waals surface area contributed by atoms with Gasteiger partial charge in [0, 0.05) is 30.3 Å². The van der Waals surface area contributed by atoms with E-state index in [0.29, 0.717) is 6.04 Å². The predicted molar refractivity (Wildman–Crippen MR) is 95.1 cm³/mol. The molecule has 0 bridgehead atoms. The molecule has 3 rings (SSSR count). The Labute approximate surface area is 134 Å². The molecule has 0 aromatic carbocycles. The molecule has 0 saturated carbocycles. The van der Waals surface area contributed by atoms with Gasteiger partial charge in [-0.2, -0.15) is 16.7 Å². The molecule has 1 fully saturated rings. The minimum absolute atomic E-state index is 0.590. The van der Waals surface area contributed by atoms with Crippen LogP contribution >= 0.6 is 23.1 Å². The summed E-state index contributed by atoms with van der Waals surface area (Å²) in [5.41, 5.74) is 0. The molecule has 1 aliphatic heterocycles. The van der Waals surface area contributed by atoms with Gasteiger partial charge in [-0.05, 0) is 31.6 Å². The van der Waals surface area contributed by atoms with E-state index in [9.17, 15) is 0 Å². The van der Waals surface area contributed by atoms with Gasteiger partial charge in [0.15, 0.2) is 0 Å². The van der Waals surface area contributed by atoms with Gasteiger partial charge in [-0.1, -0.05) is 6.92 Å². The number of aryl methyl sites for hydroxylation is 1. The van der Waals surface area contributed by atoms with Crippen LogP contribution in [0.3, 0.4) is 0 Å². The van der Waals surface area contributed by atoms with E-state index in [1.165, 1.54) is 28.2 Å². The summed E-state index contributed by atoms with van der Waals surface area (Å²) < 4.78 is 0. The van der Waals surface area contributed by atoms with Crippen LogP contribution < -0.4 is 10.2 Å². The zero-order valence-electron chi connectivity index (χ0n) is 12.8. The second-order valence-electron chi connectivity index (χ2n) is 5.31. The Kier molecular flexibility index (Phi) is 4.54. The van der Waals surface area contributed by atoms with Crippen LogP contribution in [0.2, 0.25) is 0 Å². The fraction of sp³-hybridized carbons (Fsp3) is 0.600. The van der Waals surface area contributed by atoms with Gasteiger partial charge in [-0.3, -0.25) is 0 Å². The van der Waals surface area contributed by atoms with Gasteiger partial charge in [0.1, 0.15) is 10.6 Å². The van der Waals surface area contributed by atoms with E-state index in [1.807, 2.05) is 11.8 Å². The second kappa shape index (κ2) is 6.40. The number of thiophene rings is 1. The molecule has 4 nitrogen and oxygen atoms in total. The van der Waals surface area contributed by atoms with Crippen molar-refractivity contribution in [2.75, 3.05) is 35.3 Å². The summed E-state index contributed by atoms with van der Waals surface area (Å²) in [6.45, 7) is 5.12. The highest BCUT2D eigenvalue weighted by molar-refractivity contribution is 7.99. The van der Waals surface area contributed by atoms with Gasteiger partial charge in [-0.15, -0.1) is 11.3 Å². The Morgan fingerprint density at radius 1 is 1.38 bits per heavy atom. The highest BCUT2D eigenvalue weighted by atomic mass is 32.2. The third kappa shape index (κ3) is 2.97. The Morgan fingerprint density at radius 2 is 2.24 bits per heavy atom. The molecule has 21 heavy (non-hydrogen) atoms. The second-order valence-corrected chi connectivity index (χ2v) is 7.58.